The fourth-order valence-electron chi connectivity index (χ4n) is 1.31. The maximum Gasteiger partial charge on any atom is 0.307 e. The van der Waals surface area contributed by atoms with Crippen LogP contribution in [-0.2, 0) is 9.53 Å². The third-order valence-electron chi connectivity index (χ3n) is 2.29. The quantitative estimate of drug-likeness (QED) is 0.803. The molecule has 4 heteroatoms. The van der Waals surface area contributed by atoms with Crippen molar-refractivity contribution in [3.05, 3.63) is 42.3 Å². The highest BCUT2D eigenvalue weighted by Crippen LogP contribution is 2.04. The number of nitrogens with one attached hydrogen (secondary N) is 1. The Morgan fingerprint density at radius 2 is 1.94 bits per heavy atom. The second-order valence-electron chi connectivity index (χ2n) is 3.82. The number of aryl methyl sites for hydroxylation is 1. The lowest BCUT2D eigenvalue weighted by Crippen LogP contribution is -2.34. The van der Waals surface area contributed by atoms with Crippen LogP contribution in [0.4, 0.5) is 0 Å². The smallest absolute Gasteiger partial charge is 0.307 e. The summed E-state index contributed by atoms with van der Waals surface area (Å²) < 4.78 is 4.49. The first-order chi connectivity index (χ1) is 8.02. The van der Waals surface area contributed by atoms with Crippen LogP contribution in [0.25, 0.3) is 0 Å². The van der Waals surface area contributed by atoms with Crippen LogP contribution in [0, 0.1) is 13.8 Å². The molecule has 1 rings (SSSR count). The maximum absolute atomic E-state index is 11.7. The highest BCUT2D eigenvalue weighted by molar-refractivity contribution is 5.94. The van der Waals surface area contributed by atoms with Gasteiger partial charge in [-0.1, -0.05) is 17.7 Å². The Labute approximate surface area is 101 Å². The molecule has 1 N–H and O–H groups in total. The molecule has 0 bridgehead atoms. The Balaban J connectivity index is 2.54. The Hall–Kier alpha value is -1.84. The number of ether oxygens (including phenoxy) is 1. The molecule has 1 amide bonds. The Bertz CT molecular complexity index is 398. The van der Waals surface area contributed by atoms with Crippen molar-refractivity contribution < 1.29 is 14.3 Å². The summed E-state index contributed by atoms with van der Waals surface area (Å²) in [6.45, 7) is 5.62. The Morgan fingerprint density at radius 1 is 1.35 bits per heavy atom. The number of hydrogen-bond donors (Lipinski definition) is 1. The van der Waals surface area contributed by atoms with Crippen molar-refractivity contribution in [2.45, 2.75) is 19.4 Å². The number of rotatable bonds is 4. The van der Waals surface area contributed by atoms with Crippen LogP contribution in [0.2, 0.25) is 0 Å². The monoisotopic (exact) mass is 234 g/mol. The second kappa shape index (κ2) is 6.03. The largest absolute Gasteiger partial charge is 0.469 e. The molecular formula is C13H16NO3. The van der Waals surface area contributed by atoms with E-state index in [1.807, 2.05) is 19.1 Å². The van der Waals surface area contributed by atoms with Crippen LogP contribution in [-0.4, -0.2) is 25.0 Å². The lowest BCUT2D eigenvalue weighted by molar-refractivity contribution is -0.140. The van der Waals surface area contributed by atoms with E-state index >= 15 is 0 Å². The molecule has 1 radical (unpaired) electrons. The van der Waals surface area contributed by atoms with Gasteiger partial charge in [-0.25, -0.2) is 0 Å². The fourth-order valence-corrected chi connectivity index (χ4v) is 1.31. The highest BCUT2D eigenvalue weighted by Gasteiger charge is 2.13. The number of esters is 1. The van der Waals surface area contributed by atoms with Gasteiger partial charge in [0, 0.05) is 11.6 Å². The normalized spacial score (nSPS) is 11.7. The summed E-state index contributed by atoms with van der Waals surface area (Å²) >= 11 is 0. The van der Waals surface area contributed by atoms with Crippen LogP contribution in [0.3, 0.4) is 0 Å². The molecule has 0 aromatic heterocycles. The summed E-state index contributed by atoms with van der Waals surface area (Å²) in [5, 5.41) is 2.63. The van der Waals surface area contributed by atoms with Crippen LogP contribution in [0.1, 0.15) is 22.3 Å². The predicted octanol–water partition coefficient (Wildman–Crippen LogP) is 1.49. The first kappa shape index (κ1) is 13.2. The molecule has 0 aliphatic carbocycles. The van der Waals surface area contributed by atoms with E-state index in [2.05, 4.69) is 17.0 Å². The number of benzene rings is 1. The third kappa shape index (κ3) is 4.26. The average molecular weight is 234 g/mol. The molecule has 91 valence electrons. The summed E-state index contributed by atoms with van der Waals surface area (Å²) in [5.74, 6) is -0.636. The van der Waals surface area contributed by atoms with E-state index in [4.69, 9.17) is 0 Å². The number of carbonyl (C=O) groups is 2. The molecule has 1 aromatic rings. The van der Waals surface area contributed by atoms with Gasteiger partial charge in [-0.05, 0) is 26.0 Å². The summed E-state index contributed by atoms with van der Waals surface area (Å²) in [4.78, 5) is 22.7. The minimum absolute atomic E-state index is 0.0636. The van der Waals surface area contributed by atoms with Crippen molar-refractivity contribution in [3.63, 3.8) is 0 Å². The van der Waals surface area contributed by atoms with E-state index in [9.17, 15) is 9.59 Å². The molecule has 17 heavy (non-hydrogen) atoms. The van der Waals surface area contributed by atoms with Gasteiger partial charge in [0.25, 0.3) is 5.91 Å². The zero-order valence-corrected chi connectivity index (χ0v) is 10.0. The first-order valence-corrected chi connectivity index (χ1v) is 5.30. The van der Waals surface area contributed by atoms with Crippen molar-refractivity contribution in [2.24, 2.45) is 0 Å². The van der Waals surface area contributed by atoms with E-state index in [0.29, 0.717) is 5.56 Å². The van der Waals surface area contributed by atoms with Gasteiger partial charge in [-0.2, -0.15) is 0 Å². The van der Waals surface area contributed by atoms with E-state index < -0.39 is 12.0 Å². The van der Waals surface area contributed by atoms with E-state index in [-0.39, 0.29) is 12.3 Å². The van der Waals surface area contributed by atoms with Gasteiger partial charge in [-0.3, -0.25) is 9.59 Å². The minimum Gasteiger partial charge on any atom is -0.469 e. The summed E-state index contributed by atoms with van der Waals surface area (Å²) in [5.41, 5.74) is 1.64. The van der Waals surface area contributed by atoms with E-state index in [0.717, 1.165) is 5.56 Å². The molecule has 0 saturated carbocycles. The van der Waals surface area contributed by atoms with E-state index in [1.165, 1.54) is 7.11 Å². The molecule has 0 aliphatic heterocycles. The molecule has 0 unspecified atom stereocenters. The number of amides is 1. The summed E-state index contributed by atoms with van der Waals surface area (Å²) in [6.07, 6.45) is 0.0636. The third-order valence-corrected chi connectivity index (χ3v) is 2.29. The molecule has 1 atom stereocenters. The van der Waals surface area contributed by atoms with Gasteiger partial charge in [0.1, 0.15) is 0 Å². The topological polar surface area (TPSA) is 55.4 Å². The molecule has 0 heterocycles. The number of hydrogen-bond acceptors (Lipinski definition) is 3. The average Bonchev–Trinajstić information content (AvgIpc) is 2.29. The number of carbonyl (C=O) groups excluding carboxylic acids is 2. The molecule has 0 saturated heterocycles. The SMILES string of the molecule is [CH2][C@H](CC(=O)OC)NC(=O)c1ccc(C)cc1. The van der Waals surface area contributed by atoms with Gasteiger partial charge in [-0.15, -0.1) is 0 Å². The predicted molar refractivity (Wildman–Crippen MR) is 64.4 cm³/mol. The van der Waals surface area contributed by atoms with Gasteiger partial charge in [0.05, 0.1) is 13.5 Å². The van der Waals surface area contributed by atoms with Crippen molar-refractivity contribution in [1.29, 1.82) is 0 Å². The Morgan fingerprint density at radius 3 is 2.47 bits per heavy atom. The van der Waals surface area contributed by atoms with Crippen molar-refractivity contribution >= 4 is 11.9 Å². The van der Waals surface area contributed by atoms with Crippen LogP contribution in [0.15, 0.2) is 24.3 Å². The van der Waals surface area contributed by atoms with Crippen LogP contribution in [0.5, 0.6) is 0 Å². The number of methoxy groups -OCH3 is 1. The van der Waals surface area contributed by atoms with Gasteiger partial charge in [0.2, 0.25) is 0 Å². The lowest BCUT2D eigenvalue weighted by Gasteiger charge is -2.12. The summed E-state index contributed by atoms with van der Waals surface area (Å²) in [6, 6.07) is 6.68. The van der Waals surface area contributed by atoms with Gasteiger partial charge >= 0.3 is 5.97 Å². The van der Waals surface area contributed by atoms with Crippen LogP contribution < -0.4 is 5.32 Å². The molecule has 0 aliphatic rings. The first-order valence-electron chi connectivity index (χ1n) is 5.30. The molecular weight excluding hydrogens is 218 g/mol. The summed E-state index contributed by atoms with van der Waals surface area (Å²) in [7, 11) is 1.30. The zero-order valence-electron chi connectivity index (χ0n) is 10.0. The van der Waals surface area contributed by atoms with Crippen molar-refractivity contribution in [3.8, 4) is 0 Å². The molecule has 4 nitrogen and oxygen atoms in total. The lowest BCUT2D eigenvalue weighted by atomic mass is 10.1. The fraction of sp³-hybridized carbons (Fsp3) is 0.308. The van der Waals surface area contributed by atoms with Gasteiger partial charge < -0.3 is 10.1 Å². The highest BCUT2D eigenvalue weighted by atomic mass is 16.5. The molecule has 1 aromatic carbocycles. The standard InChI is InChI=1S/C13H16NO3/c1-9-4-6-11(7-5-9)13(16)14-10(2)8-12(15)17-3/h4-7,10H,2,8H2,1,3H3,(H,14,16)/t10-/m1/s1. The zero-order chi connectivity index (χ0) is 12.8. The molecule has 0 spiro atoms. The second-order valence-corrected chi connectivity index (χ2v) is 3.82. The Kier molecular flexibility index (Phi) is 4.69. The maximum atomic E-state index is 11.7. The molecule has 0 fully saturated rings. The van der Waals surface area contributed by atoms with Crippen molar-refractivity contribution in [1.82, 2.24) is 5.32 Å². The minimum atomic E-state index is -0.490. The van der Waals surface area contributed by atoms with Crippen LogP contribution >= 0.6 is 0 Å². The van der Waals surface area contributed by atoms with Gasteiger partial charge in [0.15, 0.2) is 0 Å². The van der Waals surface area contributed by atoms with Crippen molar-refractivity contribution in [2.75, 3.05) is 7.11 Å². The van der Waals surface area contributed by atoms with E-state index in [1.54, 1.807) is 12.1 Å².